The van der Waals surface area contributed by atoms with Crippen molar-refractivity contribution in [3.05, 3.63) is 65.4 Å². The van der Waals surface area contributed by atoms with Crippen LogP contribution in [0.1, 0.15) is 25.3 Å². The quantitative estimate of drug-likeness (QED) is 0.493. The summed E-state index contributed by atoms with van der Waals surface area (Å²) in [4.78, 5) is 9.60. The van der Waals surface area contributed by atoms with Gasteiger partial charge in [-0.05, 0) is 54.8 Å². The topological polar surface area (TPSA) is 63.8 Å². The van der Waals surface area contributed by atoms with Gasteiger partial charge in [-0.3, -0.25) is 0 Å². The van der Waals surface area contributed by atoms with Crippen molar-refractivity contribution in [1.82, 2.24) is 9.97 Å². The molecular formula is C20H21ClN4S. The molecule has 0 amide bonds. The summed E-state index contributed by atoms with van der Waals surface area (Å²) in [5.74, 6) is 0.609. The number of unbranched alkanes of at least 4 members (excludes halogenated alkanes) is 1. The molecule has 0 fully saturated rings. The van der Waals surface area contributed by atoms with Gasteiger partial charge < -0.3 is 11.1 Å². The van der Waals surface area contributed by atoms with Gasteiger partial charge in [0.2, 0.25) is 0 Å². The van der Waals surface area contributed by atoms with Gasteiger partial charge in [0, 0.05) is 15.6 Å². The molecule has 134 valence electrons. The van der Waals surface area contributed by atoms with Gasteiger partial charge in [-0.15, -0.1) is 0 Å². The molecule has 0 aliphatic heterocycles. The molecule has 0 bridgehead atoms. The summed E-state index contributed by atoms with van der Waals surface area (Å²) in [6.07, 6.45) is 5.03. The Morgan fingerprint density at radius 1 is 1.04 bits per heavy atom. The second kappa shape index (κ2) is 8.92. The zero-order valence-electron chi connectivity index (χ0n) is 14.6. The Hall–Kier alpha value is -2.24. The van der Waals surface area contributed by atoms with Crippen LogP contribution in [-0.2, 0) is 6.42 Å². The number of hydrogen-bond acceptors (Lipinski definition) is 5. The standard InChI is InChI=1S/C20H21ClN4S/c1-2-3-4-14-5-9-16(10-6-14)25-19-18(22)20(24-13-23-19)26-17-11-7-15(21)8-12-17/h5-13H,2-4,22H2,1H3,(H,23,24,25). The Labute approximate surface area is 163 Å². The van der Waals surface area contributed by atoms with Gasteiger partial charge in [-0.2, -0.15) is 0 Å². The van der Waals surface area contributed by atoms with Crippen LogP contribution in [0.4, 0.5) is 17.2 Å². The number of aromatic nitrogens is 2. The maximum absolute atomic E-state index is 6.27. The van der Waals surface area contributed by atoms with Crippen molar-refractivity contribution in [2.45, 2.75) is 36.1 Å². The zero-order valence-corrected chi connectivity index (χ0v) is 16.1. The smallest absolute Gasteiger partial charge is 0.158 e. The van der Waals surface area contributed by atoms with E-state index in [4.69, 9.17) is 17.3 Å². The van der Waals surface area contributed by atoms with Gasteiger partial charge >= 0.3 is 0 Å². The maximum Gasteiger partial charge on any atom is 0.158 e. The number of halogens is 1. The lowest BCUT2D eigenvalue weighted by Crippen LogP contribution is -2.02. The van der Waals surface area contributed by atoms with Crippen LogP contribution in [0.3, 0.4) is 0 Å². The summed E-state index contributed by atoms with van der Waals surface area (Å²) in [6, 6.07) is 16.0. The third-order valence-corrected chi connectivity index (χ3v) is 5.19. The molecule has 3 aromatic rings. The van der Waals surface area contributed by atoms with Gasteiger partial charge in [-0.1, -0.05) is 48.8 Å². The van der Waals surface area contributed by atoms with Gasteiger partial charge in [0.25, 0.3) is 0 Å². The van der Waals surface area contributed by atoms with E-state index < -0.39 is 0 Å². The lowest BCUT2D eigenvalue weighted by molar-refractivity contribution is 0.795. The number of hydrogen-bond donors (Lipinski definition) is 2. The molecule has 4 nitrogen and oxygen atoms in total. The Morgan fingerprint density at radius 3 is 2.46 bits per heavy atom. The number of nitrogen functional groups attached to an aromatic ring is 1. The molecule has 1 aromatic heterocycles. The normalized spacial score (nSPS) is 10.7. The molecule has 3 rings (SSSR count). The number of nitrogens with one attached hydrogen (secondary N) is 1. The molecule has 0 aliphatic carbocycles. The fourth-order valence-corrected chi connectivity index (χ4v) is 3.37. The molecule has 6 heteroatoms. The highest BCUT2D eigenvalue weighted by Gasteiger charge is 2.10. The first-order valence-corrected chi connectivity index (χ1v) is 9.75. The summed E-state index contributed by atoms with van der Waals surface area (Å²) >= 11 is 7.42. The van der Waals surface area contributed by atoms with Crippen LogP contribution < -0.4 is 11.1 Å². The number of nitrogens with two attached hydrogens (primary N) is 1. The summed E-state index contributed by atoms with van der Waals surface area (Å²) in [5.41, 5.74) is 9.10. The first kappa shape index (κ1) is 18.5. The minimum absolute atomic E-state index is 0.530. The molecule has 0 aliphatic rings. The molecule has 0 saturated heterocycles. The van der Waals surface area contributed by atoms with Crippen LogP contribution in [0.15, 0.2) is 64.8 Å². The number of rotatable bonds is 7. The van der Waals surface area contributed by atoms with Gasteiger partial charge in [0.05, 0.1) is 0 Å². The monoisotopic (exact) mass is 384 g/mol. The Kier molecular flexibility index (Phi) is 6.36. The minimum atomic E-state index is 0.530. The average molecular weight is 385 g/mol. The SMILES string of the molecule is CCCCc1ccc(Nc2ncnc(Sc3ccc(Cl)cc3)c2N)cc1. The number of aryl methyl sites for hydroxylation is 1. The minimum Gasteiger partial charge on any atom is -0.394 e. The number of nitrogens with zero attached hydrogens (tertiary/aromatic N) is 2. The van der Waals surface area contributed by atoms with Crippen LogP contribution in [0.5, 0.6) is 0 Å². The van der Waals surface area contributed by atoms with Crippen molar-refractivity contribution in [1.29, 1.82) is 0 Å². The first-order chi connectivity index (χ1) is 12.7. The van der Waals surface area contributed by atoms with Crippen molar-refractivity contribution in [3.63, 3.8) is 0 Å². The average Bonchev–Trinajstić information content (AvgIpc) is 2.66. The predicted octanol–water partition coefficient (Wildman–Crippen LogP) is 5.95. The van der Waals surface area contributed by atoms with Crippen LogP contribution in [0.2, 0.25) is 5.02 Å². The van der Waals surface area contributed by atoms with E-state index in [1.165, 1.54) is 36.5 Å². The van der Waals surface area contributed by atoms with E-state index in [1.54, 1.807) is 0 Å². The van der Waals surface area contributed by atoms with Crippen molar-refractivity contribution < 1.29 is 0 Å². The van der Waals surface area contributed by atoms with E-state index >= 15 is 0 Å². The summed E-state index contributed by atoms with van der Waals surface area (Å²) < 4.78 is 0. The second-order valence-electron chi connectivity index (χ2n) is 5.92. The highest BCUT2D eigenvalue weighted by molar-refractivity contribution is 7.99. The molecule has 26 heavy (non-hydrogen) atoms. The fourth-order valence-electron chi connectivity index (χ4n) is 2.45. The lowest BCUT2D eigenvalue weighted by Gasteiger charge is -2.11. The number of benzene rings is 2. The van der Waals surface area contributed by atoms with E-state index in [9.17, 15) is 0 Å². The molecule has 1 heterocycles. The van der Waals surface area contributed by atoms with Crippen LogP contribution in [0.25, 0.3) is 0 Å². The van der Waals surface area contributed by atoms with E-state index in [0.29, 0.717) is 21.6 Å². The van der Waals surface area contributed by atoms with E-state index in [0.717, 1.165) is 17.0 Å². The molecule has 0 atom stereocenters. The fraction of sp³-hybridized carbons (Fsp3) is 0.200. The van der Waals surface area contributed by atoms with Crippen LogP contribution in [0, 0.1) is 0 Å². The molecular weight excluding hydrogens is 364 g/mol. The molecule has 0 unspecified atom stereocenters. The van der Waals surface area contributed by atoms with Gasteiger partial charge in [0.1, 0.15) is 17.0 Å². The highest BCUT2D eigenvalue weighted by Crippen LogP contribution is 2.34. The summed E-state index contributed by atoms with van der Waals surface area (Å²) in [6.45, 7) is 2.20. The van der Waals surface area contributed by atoms with Crippen LogP contribution >= 0.6 is 23.4 Å². The second-order valence-corrected chi connectivity index (χ2v) is 7.42. The maximum atomic E-state index is 6.27. The molecule has 2 aromatic carbocycles. The Balaban J connectivity index is 1.73. The lowest BCUT2D eigenvalue weighted by atomic mass is 10.1. The Bertz CT molecular complexity index is 851. The Morgan fingerprint density at radius 2 is 1.77 bits per heavy atom. The van der Waals surface area contributed by atoms with Gasteiger partial charge in [-0.25, -0.2) is 9.97 Å². The van der Waals surface area contributed by atoms with E-state index in [1.807, 2.05) is 24.3 Å². The molecule has 0 spiro atoms. The van der Waals surface area contributed by atoms with Gasteiger partial charge in [0.15, 0.2) is 5.82 Å². The zero-order chi connectivity index (χ0) is 18.4. The highest BCUT2D eigenvalue weighted by atomic mass is 35.5. The third-order valence-electron chi connectivity index (χ3n) is 3.91. The van der Waals surface area contributed by atoms with Crippen LogP contribution in [-0.4, -0.2) is 9.97 Å². The first-order valence-electron chi connectivity index (χ1n) is 8.55. The van der Waals surface area contributed by atoms with Crippen molar-refractivity contribution in [2.24, 2.45) is 0 Å². The third kappa shape index (κ3) is 4.90. The largest absolute Gasteiger partial charge is 0.394 e. The molecule has 3 N–H and O–H groups in total. The van der Waals surface area contributed by atoms with E-state index in [-0.39, 0.29) is 0 Å². The molecule has 0 radical (unpaired) electrons. The molecule has 0 saturated carbocycles. The van der Waals surface area contributed by atoms with Crippen molar-refractivity contribution >= 4 is 40.6 Å². The number of anilines is 3. The van der Waals surface area contributed by atoms with E-state index in [2.05, 4.69) is 46.5 Å². The van der Waals surface area contributed by atoms with Crippen molar-refractivity contribution in [3.8, 4) is 0 Å². The van der Waals surface area contributed by atoms with Crippen molar-refractivity contribution in [2.75, 3.05) is 11.1 Å². The summed E-state index contributed by atoms with van der Waals surface area (Å²) in [5, 5.41) is 4.70. The predicted molar refractivity (Wildman–Crippen MR) is 110 cm³/mol. The summed E-state index contributed by atoms with van der Waals surface area (Å²) in [7, 11) is 0.